The maximum Gasteiger partial charge on any atom is 0.0546 e. The van der Waals surface area contributed by atoms with Crippen molar-refractivity contribution in [3.8, 4) is 55.6 Å². The third-order valence-corrected chi connectivity index (χ3v) is 11.1. The van der Waals surface area contributed by atoms with Crippen molar-refractivity contribution < 1.29 is 0 Å². The molecule has 0 spiro atoms. The zero-order valence-corrected chi connectivity index (χ0v) is 31.5. The summed E-state index contributed by atoms with van der Waals surface area (Å²) in [4.78, 5) is 2.43. The van der Waals surface area contributed by atoms with Gasteiger partial charge in [-0.25, -0.2) is 0 Å². The normalized spacial score (nSPS) is 11.2. The molecule has 57 heavy (non-hydrogen) atoms. The van der Waals surface area contributed by atoms with Crippen molar-refractivity contribution in [1.82, 2.24) is 0 Å². The maximum absolute atomic E-state index is 2.43. The Morgan fingerprint density at radius 2 is 0.719 bits per heavy atom. The first-order valence-electron chi connectivity index (χ1n) is 19.6. The molecule has 0 radical (unpaired) electrons. The molecule has 0 aliphatic rings. The van der Waals surface area contributed by atoms with Gasteiger partial charge >= 0.3 is 0 Å². The van der Waals surface area contributed by atoms with Crippen LogP contribution in [0.25, 0.3) is 77.2 Å². The number of nitrogens with zero attached hydrogens (tertiary/aromatic N) is 1. The molecular formula is C56H39N. The van der Waals surface area contributed by atoms with Crippen LogP contribution in [0.15, 0.2) is 237 Å². The van der Waals surface area contributed by atoms with E-state index in [1.165, 1.54) is 77.2 Å². The Balaban J connectivity index is 1.20. The monoisotopic (exact) mass is 725 g/mol. The summed E-state index contributed by atoms with van der Waals surface area (Å²) in [7, 11) is 0. The predicted molar refractivity (Wildman–Crippen MR) is 243 cm³/mol. The SMILES string of the molecule is c1ccc(-c2ccc(N(c3ccc(-c4cccc5ccccc45)cc3)c3cccc(-c4ccccc4)c3-c3ccccc3-c3ccc4ccccc4c3)cc2)cc1. The lowest BCUT2D eigenvalue weighted by Gasteiger charge is -2.30. The fourth-order valence-corrected chi connectivity index (χ4v) is 8.31. The molecule has 0 saturated heterocycles. The van der Waals surface area contributed by atoms with Crippen LogP contribution in [0.1, 0.15) is 0 Å². The van der Waals surface area contributed by atoms with Crippen molar-refractivity contribution in [3.63, 3.8) is 0 Å². The number of anilines is 3. The van der Waals surface area contributed by atoms with Gasteiger partial charge in [-0.1, -0.05) is 200 Å². The van der Waals surface area contributed by atoms with Gasteiger partial charge in [0.15, 0.2) is 0 Å². The molecule has 10 aromatic carbocycles. The van der Waals surface area contributed by atoms with Gasteiger partial charge in [-0.15, -0.1) is 0 Å². The summed E-state index contributed by atoms with van der Waals surface area (Å²) in [5.41, 5.74) is 15.2. The van der Waals surface area contributed by atoms with Crippen molar-refractivity contribution in [1.29, 1.82) is 0 Å². The molecule has 0 amide bonds. The van der Waals surface area contributed by atoms with Crippen molar-refractivity contribution in [2.45, 2.75) is 0 Å². The standard InChI is InChI=1S/C56H39N/c1-3-15-40(16-4-1)42-31-35-48(36-32-42)57(49-37-33-45(34-38-49)51-26-13-22-43-20-9-10-23-50(43)51)55-28-14-27-53(44-18-5-2-6-19-44)56(55)54-25-12-11-24-52(54)47-30-29-41-17-7-8-21-46(41)39-47/h1-39H. The van der Waals surface area contributed by atoms with E-state index >= 15 is 0 Å². The highest BCUT2D eigenvalue weighted by Crippen LogP contribution is 2.48. The second-order valence-corrected chi connectivity index (χ2v) is 14.5. The van der Waals surface area contributed by atoms with Gasteiger partial charge in [-0.05, 0) is 108 Å². The minimum atomic E-state index is 1.08. The minimum Gasteiger partial charge on any atom is -0.310 e. The summed E-state index contributed by atoms with van der Waals surface area (Å²) in [5, 5.41) is 4.96. The van der Waals surface area contributed by atoms with E-state index < -0.39 is 0 Å². The molecule has 0 N–H and O–H groups in total. The zero-order chi connectivity index (χ0) is 38.0. The Morgan fingerprint density at radius 1 is 0.246 bits per heavy atom. The number of rotatable bonds is 8. The van der Waals surface area contributed by atoms with Crippen LogP contribution in [0.4, 0.5) is 17.1 Å². The molecular weight excluding hydrogens is 687 g/mol. The number of hydrogen-bond donors (Lipinski definition) is 0. The van der Waals surface area contributed by atoms with E-state index in [2.05, 4.69) is 241 Å². The number of fused-ring (bicyclic) bond motifs is 2. The molecule has 268 valence electrons. The number of benzene rings is 10. The second kappa shape index (κ2) is 15.0. The first kappa shape index (κ1) is 34.0. The summed E-state index contributed by atoms with van der Waals surface area (Å²) in [6.45, 7) is 0. The molecule has 10 aromatic rings. The summed E-state index contributed by atoms with van der Waals surface area (Å²) in [6.07, 6.45) is 0. The molecule has 0 heterocycles. The van der Waals surface area contributed by atoms with E-state index in [9.17, 15) is 0 Å². The fraction of sp³-hybridized carbons (Fsp3) is 0. The van der Waals surface area contributed by atoms with Crippen LogP contribution in [0.5, 0.6) is 0 Å². The van der Waals surface area contributed by atoms with Crippen LogP contribution in [0.3, 0.4) is 0 Å². The first-order valence-corrected chi connectivity index (χ1v) is 19.6. The van der Waals surface area contributed by atoms with Gasteiger partial charge in [-0.3, -0.25) is 0 Å². The van der Waals surface area contributed by atoms with E-state index in [0.29, 0.717) is 0 Å². The molecule has 0 bridgehead atoms. The average molecular weight is 726 g/mol. The van der Waals surface area contributed by atoms with E-state index in [4.69, 9.17) is 0 Å². The van der Waals surface area contributed by atoms with Gasteiger partial charge in [0.25, 0.3) is 0 Å². The second-order valence-electron chi connectivity index (χ2n) is 14.5. The Kier molecular flexibility index (Phi) is 8.95. The van der Waals surface area contributed by atoms with Gasteiger partial charge in [0, 0.05) is 16.9 Å². The Labute approximate surface area is 334 Å². The van der Waals surface area contributed by atoms with Gasteiger partial charge in [0.1, 0.15) is 0 Å². The van der Waals surface area contributed by atoms with E-state index in [0.717, 1.165) is 17.1 Å². The van der Waals surface area contributed by atoms with Crippen molar-refractivity contribution in [2.24, 2.45) is 0 Å². The van der Waals surface area contributed by atoms with E-state index in [1.54, 1.807) is 0 Å². The van der Waals surface area contributed by atoms with E-state index in [1.807, 2.05) is 0 Å². The van der Waals surface area contributed by atoms with Crippen molar-refractivity contribution in [3.05, 3.63) is 237 Å². The summed E-state index contributed by atoms with van der Waals surface area (Å²) >= 11 is 0. The molecule has 0 fully saturated rings. The molecule has 0 atom stereocenters. The molecule has 10 rings (SSSR count). The first-order chi connectivity index (χ1) is 28.3. The zero-order valence-electron chi connectivity index (χ0n) is 31.5. The van der Waals surface area contributed by atoms with Crippen LogP contribution in [-0.4, -0.2) is 0 Å². The Morgan fingerprint density at radius 3 is 1.46 bits per heavy atom. The predicted octanol–water partition coefficient (Wildman–Crippen LogP) is 15.8. The Bertz CT molecular complexity index is 2980. The third kappa shape index (κ3) is 6.56. The fourth-order valence-electron chi connectivity index (χ4n) is 8.31. The molecule has 0 saturated carbocycles. The van der Waals surface area contributed by atoms with Crippen LogP contribution in [-0.2, 0) is 0 Å². The molecule has 0 aliphatic carbocycles. The summed E-state index contributed by atoms with van der Waals surface area (Å²) in [5.74, 6) is 0. The van der Waals surface area contributed by atoms with Crippen LogP contribution in [0, 0.1) is 0 Å². The van der Waals surface area contributed by atoms with Crippen LogP contribution >= 0.6 is 0 Å². The third-order valence-electron chi connectivity index (χ3n) is 11.1. The van der Waals surface area contributed by atoms with Gasteiger partial charge in [0.2, 0.25) is 0 Å². The molecule has 0 unspecified atom stereocenters. The van der Waals surface area contributed by atoms with Crippen molar-refractivity contribution in [2.75, 3.05) is 4.90 Å². The Hall–Kier alpha value is -7.48. The van der Waals surface area contributed by atoms with Gasteiger partial charge in [0.05, 0.1) is 5.69 Å². The highest BCUT2D eigenvalue weighted by Gasteiger charge is 2.23. The van der Waals surface area contributed by atoms with Crippen molar-refractivity contribution >= 4 is 38.6 Å². The van der Waals surface area contributed by atoms with Crippen LogP contribution < -0.4 is 4.90 Å². The minimum absolute atomic E-state index is 1.08. The van der Waals surface area contributed by atoms with Gasteiger partial charge < -0.3 is 4.90 Å². The highest BCUT2D eigenvalue weighted by atomic mass is 15.1. The van der Waals surface area contributed by atoms with E-state index in [-0.39, 0.29) is 0 Å². The lowest BCUT2D eigenvalue weighted by molar-refractivity contribution is 1.28. The molecule has 0 aromatic heterocycles. The summed E-state index contributed by atoms with van der Waals surface area (Å²) < 4.78 is 0. The smallest absolute Gasteiger partial charge is 0.0546 e. The quantitative estimate of drug-likeness (QED) is 0.151. The van der Waals surface area contributed by atoms with Gasteiger partial charge in [-0.2, -0.15) is 0 Å². The summed E-state index contributed by atoms with van der Waals surface area (Å²) in [6, 6.07) is 85.8. The van der Waals surface area contributed by atoms with Crippen LogP contribution in [0.2, 0.25) is 0 Å². The lowest BCUT2D eigenvalue weighted by Crippen LogP contribution is -2.12. The average Bonchev–Trinajstić information content (AvgIpc) is 3.30. The molecule has 0 aliphatic heterocycles. The largest absolute Gasteiger partial charge is 0.310 e. The maximum atomic E-state index is 2.43. The molecule has 1 nitrogen and oxygen atoms in total. The highest BCUT2D eigenvalue weighted by molar-refractivity contribution is 6.02. The topological polar surface area (TPSA) is 3.24 Å². The lowest BCUT2D eigenvalue weighted by atomic mass is 9.87. The number of hydrogen-bond acceptors (Lipinski definition) is 1. The molecule has 1 heteroatoms.